The zero-order chi connectivity index (χ0) is 23.3. The molecule has 5 rings (SSSR count). The van der Waals surface area contributed by atoms with Gasteiger partial charge in [-0.25, -0.2) is 15.0 Å². The molecule has 0 aliphatic carbocycles. The van der Waals surface area contributed by atoms with Gasteiger partial charge in [-0.15, -0.1) is 0 Å². The Kier molecular flexibility index (Phi) is 6.13. The second-order valence-electron chi connectivity index (χ2n) is 7.80. The Morgan fingerprint density at radius 3 is 2.76 bits per heavy atom. The van der Waals surface area contributed by atoms with E-state index in [1.54, 1.807) is 6.20 Å². The molecule has 1 amide bonds. The number of carbonyl (C=O) groups excluding carboxylic acids is 1. The molecule has 0 bridgehead atoms. The van der Waals surface area contributed by atoms with Crippen LogP contribution in [-0.2, 0) is 9.53 Å². The van der Waals surface area contributed by atoms with E-state index in [-0.39, 0.29) is 5.91 Å². The van der Waals surface area contributed by atoms with Crippen molar-refractivity contribution in [3.63, 3.8) is 0 Å². The molecule has 4 aromatic rings. The van der Waals surface area contributed by atoms with E-state index in [9.17, 15) is 4.79 Å². The topological polar surface area (TPSA) is 92.3 Å². The van der Waals surface area contributed by atoms with E-state index < -0.39 is 0 Å². The summed E-state index contributed by atoms with van der Waals surface area (Å²) in [6, 6.07) is 17.8. The average Bonchev–Trinajstić information content (AvgIpc) is 2.89. The summed E-state index contributed by atoms with van der Waals surface area (Å²) >= 11 is 0. The predicted octanol–water partition coefficient (Wildman–Crippen LogP) is 4.40. The highest BCUT2D eigenvalue weighted by molar-refractivity contribution is 5.99. The van der Waals surface area contributed by atoms with Crippen LogP contribution < -0.4 is 15.5 Å². The summed E-state index contributed by atoms with van der Waals surface area (Å²) in [5, 5.41) is 7.02. The van der Waals surface area contributed by atoms with Crippen molar-refractivity contribution in [1.29, 1.82) is 0 Å². The summed E-state index contributed by atoms with van der Waals surface area (Å²) < 4.78 is 5.50. The lowest BCUT2D eigenvalue weighted by atomic mass is 10.0. The first kappa shape index (κ1) is 21.5. The van der Waals surface area contributed by atoms with Crippen LogP contribution in [0.2, 0.25) is 0 Å². The van der Waals surface area contributed by atoms with Gasteiger partial charge in [-0.1, -0.05) is 36.9 Å². The van der Waals surface area contributed by atoms with Gasteiger partial charge in [-0.05, 0) is 35.9 Å². The maximum atomic E-state index is 11.7. The van der Waals surface area contributed by atoms with E-state index in [0.29, 0.717) is 25.0 Å². The minimum absolute atomic E-state index is 0.310. The van der Waals surface area contributed by atoms with Crippen molar-refractivity contribution in [2.24, 2.45) is 0 Å². The molecular weight excluding hydrogens is 428 g/mol. The molecule has 2 aromatic carbocycles. The maximum absolute atomic E-state index is 11.7. The van der Waals surface area contributed by atoms with Crippen molar-refractivity contribution in [1.82, 2.24) is 15.0 Å². The van der Waals surface area contributed by atoms with Gasteiger partial charge in [0, 0.05) is 36.4 Å². The maximum Gasteiger partial charge on any atom is 0.248 e. The SMILES string of the molecule is C=CC(=O)Nc1cc(-c2cccc3cnc(Nc4ccccc4N4CCOCC4)nc23)ccn1. The summed E-state index contributed by atoms with van der Waals surface area (Å²) in [6.45, 7) is 6.60. The van der Waals surface area contributed by atoms with E-state index in [4.69, 9.17) is 9.72 Å². The van der Waals surface area contributed by atoms with E-state index >= 15 is 0 Å². The summed E-state index contributed by atoms with van der Waals surface area (Å²) in [4.78, 5) is 27.6. The standard InChI is InChI=1S/C26H24N6O2/c1-2-24(33)30-23-16-18(10-11-27-23)20-7-5-6-19-17-28-26(31-25(19)20)29-21-8-3-4-9-22(21)32-12-14-34-15-13-32/h2-11,16-17H,1,12-15H2,(H,27,30,33)(H,28,29,31). The lowest BCUT2D eigenvalue weighted by molar-refractivity contribution is -0.111. The Morgan fingerprint density at radius 1 is 1.06 bits per heavy atom. The number of nitrogens with zero attached hydrogens (tertiary/aromatic N) is 4. The van der Waals surface area contributed by atoms with E-state index in [0.717, 1.165) is 46.5 Å². The first-order valence-electron chi connectivity index (χ1n) is 11.1. The Morgan fingerprint density at radius 2 is 1.91 bits per heavy atom. The summed E-state index contributed by atoms with van der Waals surface area (Å²) in [5.41, 5.74) is 4.65. The highest BCUT2D eigenvalue weighted by Gasteiger charge is 2.16. The number of amides is 1. The Bertz CT molecular complexity index is 1350. The number of para-hydroxylation sites is 3. The van der Waals surface area contributed by atoms with Crippen LogP contribution in [0.1, 0.15) is 0 Å². The van der Waals surface area contributed by atoms with Crippen LogP contribution in [0.5, 0.6) is 0 Å². The number of hydrogen-bond acceptors (Lipinski definition) is 7. The van der Waals surface area contributed by atoms with Gasteiger partial charge in [-0.2, -0.15) is 0 Å². The number of rotatable bonds is 6. The molecule has 0 saturated carbocycles. The van der Waals surface area contributed by atoms with Crippen molar-refractivity contribution < 1.29 is 9.53 Å². The second-order valence-corrected chi connectivity index (χ2v) is 7.80. The predicted molar refractivity (Wildman–Crippen MR) is 134 cm³/mol. The second kappa shape index (κ2) is 9.68. The third-order valence-electron chi connectivity index (χ3n) is 5.62. The summed E-state index contributed by atoms with van der Waals surface area (Å²) in [5.74, 6) is 0.649. The molecule has 0 spiro atoms. The number of ether oxygens (including phenoxy) is 1. The Balaban J connectivity index is 1.50. The largest absolute Gasteiger partial charge is 0.378 e. The molecule has 8 nitrogen and oxygen atoms in total. The molecule has 8 heteroatoms. The summed E-state index contributed by atoms with van der Waals surface area (Å²) in [6.07, 6.45) is 4.69. The number of fused-ring (bicyclic) bond motifs is 1. The first-order valence-corrected chi connectivity index (χ1v) is 11.1. The molecule has 3 heterocycles. The smallest absolute Gasteiger partial charge is 0.248 e. The van der Waals surface area contributed by atoms with Gasteiger partial charge in [0.05, 0.1) is 30.1 Å². The number of carbonyl (C=O) groups is 1. The molecule has 1 aliphatic heterocycles. The molecule has 2 aromatic heterocycles. The molecule has 1 aliphatic rings. The van der Waals surface area contributed by atoms with Crippen molar-refractivity contribution in [3.05, 3.63) is 79.6 Å². The molecule has 0 radical (unpaired) electrons. The molecule has 0 unspecified atom stereocenters. The van der Waals surface area contributed by atoms with E-state index in [1.165, 1.54) is 6.08 Å². The van der Waals surface area contributed by atoms with Crippen molar-refractivity contribution >= 4 is 40.0 Å². The van der Waals surface area contributed by atoms with Crippen LogP contribution in [0.15, 0.2) is 79.6 Å². The minimum Gasteiger partial charge on any atom is -0.378 e. The third-order valence-corrected chi connectivity index (χ3v) is 5.62. The Labute approximate surface area is 197 Å². The molecule has 0 atom stereocenters. The van der Waals surface area contributed by atoms with Crippen LogP contribution in [0, 0.1) is 0 Å². The number of anilines is 4. The van der Waals surface area contributed by atoms with E-state index in [2.05, 4.69) is 38.1 Å². The molecule has 2 N–H and O–H groups in total. The van der Waals surface area contributed by atoms with Gasteiger partial charge in [0.2, 0.25) is 11.9 Å². The van der Waals surface area contributed by atoms with Gasteiger partial charge in [0.15, 0.2) is 0 Å². The van der Waals surface area contributed by atoms with E-state index in [1.807, 2.05) is 54.7 Å². The number of hydrogen-bond donors (Lipinski definition) is 2. The number of pyridine rings is 1. The van der Waals surface area contributed by atoms with Crippen LogP contribution in [0.25, 0.3) is 22.0 Å². The fraction of sp³-hybridized carbons (Fsp3) is 0.154. The first-order chi connectivity index (χ1) is 16.7. The fourth-order valence-corrected chi connectivity index (χ4v) is 3.97. The molecule has 1 saturated heterocycles. The minimum atomic E-state index is -0.310. The number of aromatic nitrogens is 3. The number of morpholine rings is 1. The molecular formula is C26H24N6O2. The monoisotopic (exact) mass is 452 g/mol. The van der Waals surface area contributed by atoms with Gasteiger partial charge >= 0.3 is 0 Å². The Hall–Kier alpha value is -4.30. The van der Waals surface area contributed by atoms with Gasteiger partial charge in [0.1, 0.15) is 5.82 Å². The number of nitrogens with one attached hydrogen (secondary N) is 2. The molecule has 170 valence electrons. The van der Waals surface area contributed by atoms with Gasteiger partial charge in [-0.3, -0.25) is 4.79 Å². The highest BCUT2D eigenvalue weighted by atomic mass is 16.5. The van der Waals surface area contributed by atoms with Crippen LogP contribution >= 0.6 is 0 Å². The number of benzene rings is 2. The average molecular weight is 453 g/mol. The highest BCUT2D eigenvalue weighted by Crippen LogP contribution is 2.31. The third kappa shape index (κ3) is 4.57. The lowest BCUT2D eigenvalue weighted by Gasteiger charge is -2.30. The van der Waals surface area contributed by atoms with Crippen LogP contribution in [-0.4, -0.2) is 47.2 Å². The van der Waals surface area contributed by atoms with Crippen molar-refractivity contribution in [2.45, 2.75) is 0 Å². The molecule has 1 fully saturated rings. The summed E-state index contributed by atoms with van der Waals surface area (Å²) in [7, 11) is 0. The molecule has 34 heavy (non-hydrogen) atoms. The van der Waals surface area contributed by atoms with Crippen molar-refractivity contribution in [3.8, 4) is 11.1 Å². The van der Waals surface area contributed by atoms with Crippen LogP contribution in [0.3, 0.4) is 0 Å². The fourth-order valence-electron chi connectivity index (χ4n) is 3.97. The van der Waals surface area contributed by atoms with Crippen molar-refractivity contribution in [2.75, 3.05) is 41.8 Å². The normalized spacial score (nSPS) is 13.5. The quantitative estimate of drug-likeness (QED) is 0.419. The van der Waals surface area contributed by atoms with Gasteiger partial charge < -0.3 is 20.3 Å². The van der Waals surface area contributed by atoms with Gasteiger partial charge in [0.25, 0.3) is 0 Å². The zero-order valence-electron chi connectivity index (χ0n) is 18.6. The zero-order valence-corrected chi connectivity index (χ0v) is 18.6. The van der Waals surface area contributed by atoms with Crippen LogP contribution in [0.4, 0.5) is 23.1 Å². The lowest BCUT2D eigenvalue weighted by Crippen LogP contribution is -2.36.